The van der Waals surface area contributed by atoms with Crippen LogP contribution in [0.15, 0.2) is 64.8 Å². The van der Waals surface area contributed by atoms with Gasteiger partial charge in [-0.2, -0.15) is 15.5 Å². The number of rotatable bonds is 4. The highest BCUT2D eigenvalue weighted by Gasteiger charge is 2.14. The molecule has 0 aliphatic rings. The van der Waals surface area contributed by atoms with Gasteiger partial charge in [-0.3, -0.25) is 0 Å². The maximum atomic E-state index is 8.82. The minimum absolute atomic E-state index is 0.0269. The van der Waals surface area contributed by atoms with Crippen molar-refractivity contribution in [1.29, 1.82) is 10.5 Å². The molecular formula is C19H13N5O. The zero-order chi connectivity index (χ0) is 17.6. The van der Waals surface area contributed by atoms with Crippen LogP contribution in [0.2, 0.25) is 0 Å². The van der Waals surface area contributed by atoms with Crippen molar-refractivity contribution in [2.24, 2.45) is 0 Å². The van der Waals surface area contributed by atoms with Gasteiger partial charge < -0.3 is 9.84 Å². The molecule has 0 aliphatic carbocycles. The first-order chi connectivity index (χ1) is 12.2. The standard InChI is InChI=1S/C19H13N5O/c1-13-6-2-3-7-15(13)18-23-19(25-24-18)16-8-4-5-9-17(16)22-12-14(10-20)11-21/h2-9,12,22H,1H3. The van der Waals surface area contributed by atoms with Crippen molar-refractivity contribution in [3.63, 3.8) is 0 Å². The molecule has 0 amide bonds. The predicted molar refractivity (Wildman–Crippen MR) is 92.8 cm³/mol. The summed E-state index contributed by atoms with van der Waals surface area (Å²) in [6, 6.07) is 18.7. The van der Waals surface area contributed by atoms with Crippen LogP contribution in [0.4, 0.5) is 5.69 Å². The van der Waals surface area contributed by atoms with E-state index in [0.717, 1.165) is 11.1 Å². The summed E-state index contributed by atoms with van der Waals surface area (Å²) < 4.78 is 5.41. The van der Waals surface area contributed by atoms with Crippen LogP contribution in [0.3, 0.4) is 0 Å². The molecule has 2 aromatic carbocycles. The summed E-state index contributed by atoms with van der Waals surface area (Å²) in [5, 5.41) is 24.6. The van der Waals surface area contributed by atoms with Crippen LogP contribution in [-0.2, 0) is 0 Å². The number of anilines is 1. The second-order valence-electron chi connectivity index (χ2n) is 5.21. The minimum Gasteiger partial charge on any atom is -0.359 e. The van der Waals surface area contributed by atoms with Gasteiger partial charge in [0.25, 0.3) is 5.89 Å². The zero-order valence-corrected chi connectivity index (χ0v) is 13.4. The van der Waals surface area contributed by atoms with Gasteiger partial charge in [0, 0.05) is 11.8 Å². The van der Waals surface area contributed by atoms with E-state index in [-0.39, 0.29) is 5.57 Å². The molecule has 25 heavy (non-hydrogen) atoms. The number of benzene rings is 2. The van der Waals surface area contributed by atoms with Gasteiger partial charge in [0.2, 0.25) is 5.82 Å². The molecule has 6 nitrogen and oxygen atoms in total. The number of hydrogen-bond donors (Lipinski definition) is 1. The summed E-state index contributed by atoms with van der Waals surface area (Å²) in [6.07, 6.45) is 1.34. The van der Waals surface area contributed by atoms with Gasteiger partial charge in [-0.15, -0.1) is 0 Å². The Morgan fingerprint density at radius 3 is 2.44 bits per heavy atom. The number of aryl methyl sites for hydroxylation is 1. The third-order valence-electron chi connectivity index (χ3n) is 3.58. The quantitative estimate of drug-likeness (QED) is 0.726. The van der Waals surface area contributed by atoms with Crippen LogP contribution >= 0.6 is 0 Å². The molecule has 0 saturated carbocycles. The van der Waals surface area contributed by atoms with Crippen molar-refractivity contribution >= 4 is 5.69 Å². The lowest BCUT2D eigenvalue weighted by molar-refractivity contribution is 0.432. The van der Waals surface area contributed by atoms with E-state index in [1.807, 2.05) is 49.4 Å². The Bertz CT molecular complexity index is 1000. The van der Waals surface area contributed by atoms with Gasteiger partial charge in [0.1, 0.15) is 17.7 Å². The second kappa shape index (κ2) is 7.12. The van der Waals surface area contributed by atoms with Crippen LogP contribution in [0, 0.1) is 29.6 Å². The lowest BCUT2D eigenvalue weighted by atomic mass is 10.1. The molecule has 3 aromatic rings. The molecule has 0 saturated heterocycles. The molecule has 1 heterocycles. The number of nitrogens with zero attached hydrogens (tertiary/aromatic N) is 4. The maximum Gasteiger partial charge on any atom is 0.260 e. The number of nitriles is 2. The fourth-order valence-corrected chi connectivity index (χ4v) is 2.30. The summed E-state index contributed by atoms with van der Waals surface area (Å²) in [7, 11) is 0. The average molecular weight is 327 g/mol. The van der Waals surface area contributed by atoms with E-state index in [4.69, 9.17) is 15.0 Å². The monoisotopic (exact) mass is 327 g/mol. The first-order valence-electron chi connectivity index (χ1n) is 7.49. The Morgan fingerprint density at radius 2 is 1.72 bits per heavy atom. The third kappa shape index (κ3) is 3.39. The normalized spacial score (nSPS) is 9.72. The van der Waals surface area contributed by atoms with E-state index < -0.39 is 0 Å². The molecule has 6 heteroatoms. The van der Waals surface area contributed by atoms with Crippen molar-refractivity contribution in [3.05, 3.63) is 65.9 Å². The maximum absolute atomic E-state index is 8.82. The molecule has 0 spiro atoms. The Balaban J connectivity index is 1.97. The Kier molecular flexibility index (Phi) is 4.55. The minimum atomic E-state index is -0.0269. The molecule has 0 aliphatic heterocycles. The summed E-state index contributed by atoms with van der Waals surface area (Å²) in [6.45, 7) is 1.98. The SMILES string of the molecule is Cc1ccccc1-c1noc(-c2ccccc2NC=C(C#N)C#N)n1. The first-order valence-corrected chi connectivity index (χ1v) is 7.49. The van der Waals surface area contributed by atoms with Gasteiger partial charge in [0.15, 0.2) is 0 Å². The van der Waals surface area contributed by atoms with Gasteiger partial charge in [0.05, 0.1) is 11.3 Å². The van der Waals surface area contributed by atoms with Crippen molar-refractivity contribution < 1.29 is 4.52 Å². The van der Waals surface area contributed by atoms with E-state index in [2.05, 4.69) is 15.5 Å². The van der Waals surface area contributed by atoms with Crippen molar-refractivity contribution in [1.82, 2.24) is 10.1 Å². The lowest BCUT2D eigenvalue weighted by Crippen LogP contribution is -1.93. The van der Waals surface area contributed by atoms with Crippen LogP contribution in [0.1, 0.15) is 5.56 Å². The second-order valence-corrected chi connectivity index (χ2v) is 5.21. The van der Waals surface area contributed by atoms with Gasteiger partial charge in [-0.25, -0.2) is 0 Å². The highest BCUT2D eigenvalue weighted by Crippen LogP contribution is 2.29. The highest BCUT2D eigenvalue weighted by molar-refractivity contribution is 5.74. The largest absolute Gasteiger partial charge is 0.359 e. The lowest BCUT2D eigenvalue weighted by Gasteiger charge is -2.05. The Hall–Kier alpha value is -3.90. The van der Waals surface area contributed by atoms with E-state index >= 15 is 0 Å². The van der Waals surface area contributed by atoms with E-state index in [0.29, 0.717) is 23.0 Å². The molecule has 3 rings (SSSR count). The number of aromatic nitrogens is 2. The molecule has 1 N–H and O–H groups in total. The van der Waals surface area contributed by atoms with Crippen LogP contribution in [0.25, 0.3) is 22.8 Å². The van der Waals surface area contributed by atoms with E-state index in [9.17, 15) is 0 Å². The molecule has 0 radical (unpaired) electrons. The van der Waals surface area contributed by atoms with E-state index in [1.54, 1.807) is 18.2 Å². The Labute approximate surface area is 144 Å². The van der Waals surface area contributed by atoms with Gasteiger partial charge >= 0.3 is 0 Å². The fourth-order valence-electron chi connectivity index (χ4n) is 2.30. The molecule has 1 aromatic heterocycles. The summed E-state index contributed by atoms with van der Waals surface area (Å²) in [5.41, 5.74) is 3.27. The predicted octanol–water partition coefficient (Wildman–Crippen LogP) is 4.05. The van der Waals surface area contributed by atoms with Gasteiger partial charge in [-0.1, -0.05) is 41.6 Å². The number of allylic oxidation sites excluding steroid dienone is 1. The fraction of sp³-hybridized carbons (Fsp3) is 0.0526. The van der Waals surface area contributed by atoms with Crippen LogP contribution in [0.5, 0.6) is 0 Å². The molecular weight excluding hydrogens is 314 g/mol. The highest BCUT2D eigenvalue weighted by atomic mass is 16.5. The topological polar surface area (TPSA) is 98.5 Å². The first kappa shape index (κ1) is 16.0. The van der Waals surface area contributed by atoms with Gasteiger partial charge in [-0.05, 0) is 24.6 Å². The Morgan fingerprint density at radius 1 is 1.04 bits per heavy atom. The number of para-hydroxylation sites is 1. The van der Waals surface area contributed by atoms with Crippen molar-refractivity contribution in [2.75, 3.05) is 5.32 Å². The molecule has 0 atom stereocenters. The molecule has 120 valence electrons. The van der Waals surface area contributed by atoms with Crippen LogP contribution in [-0.4, -0.2) is 10.1 Å². The number of hydrogen-bond acceptors (Lipinski definition) is 6. The third-order valence-corrected chi connectivity index (χ3v) is 3.58. The van der Waals surface area contributed by atoms with E-state index in [1.165, 1.54) is 6.20 Å². The average Bonchev–Trinajstić information content (AvgIpc) is 3.13. The zero-order valence-electron chi connectivity index (χ0n) is 13.4. The summed E-state index contributed by atoms with van der Waals surface area (Å²) in [5.74, 6) is 0.860. The molecule has 0 bridgehead atoms. The number of nitrogens with one attached hydrogen (secondary N) is 1. The smallest absolute Gasteiger partial charge is 0.260 e. The van der Waals surface area contributed by atoms with Crippen LogP contribution < -0.4 is 5.32 Å². The summed E-state index contributed by atoms with van der Waals surface area (Å²) in [4.78, 5) is 4.47. The summed E-state index contributed by atoms with van der Waals surface area (Å²) >= 11 is 0. The molecule has 0 fully saturated rings. The van der Waals surface area contributed by atoms with Crippen molar-refractivity contribution in [3.8, 4) is 35.0 Å². The molecule has 0 unspecified atom stereocenters. The van der Waals surface area contributed by atoms with Crippen molar-refractivity contribution in [2.45, 2.75) is 6.92 Å².